The van der Waals surface area contributed by atoms with Crippen molar-refractivity contribution in [1.82, 2.24) is 20.2 Å². The van der Waals surface area contributed by atoms with Gasteiger partial charge < -0.3 is 19.9 Å². The zero-order valence-electron chi connectivity index (χ0n) is 24.7. The van der Waals surface area contributed by atoms with Crippen LogP contribution in [0.5, 0.6) is 0 Å². The maximum atomic E-state index is 13.9. The van der Waals surface area contributed by atoms with E-state index in [4.69, 9.17) is 9.57 Å². The Kier molecular flexibility index (Phi) is 14.0. The third-order valence-electron chi connectivity index (χ3n) is 7.51. The lowest BCUT2D eigenvalue weighted by Gasteiger charge is -2.35. The van der Waals surface area contributed by atoms with Gasteiger partial charge in [0.25, 0.3) is 0 Å². The number of hydrogen-bond donors (Lipinski definition) is 1. The Morgan fingerprint density at radius 3 is 2.31 bits per heavy atom. The quantitative estimate of drug-likeness (QED) is 0.322. The fourth-order valence-corrected chi connectivity index (χ4v) is 5.06. The number of hydroxylamine groups is 2. The first-order valence-corrected chi connectivity index (χ1v) is 14.7. The molecule has 0 aliphatic carbocycles. The zero-order valence-corrected chi connectivity index (χ0v) is 24.7. The Morgan fingerprint density at radius 1 is 1.00 bits per heavy atom. The first kappa shape index (κ1) is 32.8. The van der Waals surface area contributed by atoms with Crippen LogP contribution in [0.2, 0.25) is 0 Å². The van der Waals surface area contributed by atoms with E-state index < -0.39 is 18.3 Å². The van der Waals surface area contributed by atoms with E-state index in [9.17, 15) is 19.2 Å². The van der Waals surface area contributed by atoms with Gasteiger partial charge in [-0.1, -0.05) is 60.7 Å². The summed E-state index contributed by atoms with van der Waals surface area (Å²) in [6, 6.07) is 19.5. The summed E-state index contributed by atoms with van der Waals surface area (Å²) < 4.78 is 6.25. The van der Waals surface area contributed by atoms with Gasteiger partial charge in [-0.05, 0) is 56.1 Å². The predicted molar refractivity (Wildman–Crippen MR) is 158 cm³/mol. The summed E-state index contributed by atoms with van der Waals surface area (Å²) in [5, 5.41) is 4.12. The van der Waals surface area contributed by atoms with Gasteiger partial charge in [0.1, 0.15) is 12.8 Å². The van der Waals surface area contributed by atoms with E-state index in [1.54, 1.807) is 18.9 Å². The normalized spacial score (nSPS) is 20.6. The lowest BCUT2D eigenvalue weighted by Crippen LogP contribution is -2.53. The van der Waals surface area contributed by atoms with Crippen molar-refractivity contribution >= 4 is 24.6 Å². The SMILES string of the molecule is CC(=O)N1CCCCO[C@H](N(C=O)OCc2ccccc2)[C@@H](CCCc2ccccc2)C(=O)N[C@@H](N(C)C=O)CCC1. The number of ether oxygens (including phenoxy) is 1. The average Bonchev–Trinajstić information content (AvgIpc) is 3.01. The lowest BCUT2D eigenvalue weighted by atomic mass is 9.96. The number of rotatable bonds is 11. The number of hydrogen-bond acceptors (Lipinski definition) is 6. The molecule has 10 nitrogen and oxygen atoms in total. The first-order chi connectivity index (χ1) is 20.4. The van der Waals surface area contributed by atoms with Crippen molar-refractivity contribution in [3.05, 3.63) is 71.8 Å². The standard InChI is InChI=1S/C32H44N4O6/c1-26(39)35-20-9-10-22-41-32(36(25-38)42-23-28-15-7-4-8-16-28)29(18-11-17-27-13-5-3-6-14-27)31(40)33-30(19-12-21-35)34(2)24-37/h3-8,13-16,24-25,29-30,32H,9-12,17-23H2,1-2H3,(H,33,40)/t29-,30-,32-/m0/s1. The van der Waals surface area contributed by atoms with Crippen molar-refractivity contribution in [2.75, 3.05) is 26.7 Å². The molecule has 0 spiro atoms. The van der Waals surface area contributed by atoms with E-state index in [2.05, 4.69) is 5.32 Å². The Morgan fingerprint density at radius 2 is 1.67 bits per heavy atom. The van der Waals surface area contributed by atoms with Crippen molar-refractivity contribution in [1.29, 1.82) is 0 Å². The minimum Gasteiger partial charge on any atom is -0.355 e. The van der Waals surface area contributed by atoms with Crippen LogP contribution in [0.15, 0.2) is 60.7 Å². The first-order valence-electron chi connectivity index (χ1n) is 14.7. The molecule has 3 atom stereocenters. The molecule has 1 saturated heterocycles. The minimum absolute atomic E-state index is 0.0230. The predicted octanol–water partition coefficient (Wildman–Crippen LogP) is 3.51. The van der Waals surface area contributed by atoms with Gasteiger partial charge >= 0.3 is 0 Å². The van der Waals surface area contributed by atoms with Gasteiger partial charge in [0.05, 0.1) is 5.92 Å². The van der Waals surface area contributed by atoms with Crippen LogP contribution in [-0.2, 0) is 41.8 Å². The molecule has 1 N–H and O–H groups in total. The molecule has 2 aromatic carbocycles. The van der Waals surface area contributed by atoms with Crippen LogP contribution in [0.4, 0.5) is 0 Å². The second-order valence-electron chi connectivity index (χ2n) is 10.6. The van der Waals surface area contributed by atoms with Crippen molar-refractivity contribution in [2.45, 2.75) is 70.9 Å². The molecule has 0 bridgehead atoms. The fourth-order valence-electron chi connectivity index (χ4n) is 5.06. The average molecular weight is 581 g/mol. The monoisotopic (exact) mass is 580 g/mol. The summed E-state index contributed by atoms with van der Waals surface area (Å²) in [4.78, 5) is 59.3. The number of carbonyl (C=O) groups is 4. The molecule has 1 fully saturated rings. The van der Waals surface area contributed by atoms with Crippen LogP contribution in [-0.4, -0.2) is 78.6 Å². The van der Waals surface area contributed by atoms with Gasteiger partial charge in [-0.2, -0.15) is 5.06 Å². The van der Waals surface area contributed by atoms with Crippen LogP contribution in [0.3, 0.4) is 0 Å². The van der Waals surface area contributed by atoms with Crippen LogP contribution in [0.25, 0.3) is 0 Å². The molecule has 2 aromatic rings. The largest absolute Gasteiger partial charge is 0.355 e. The van der Waals surface area contributed by atoms with Crippen molar-refractivity contribution < 1.29 is 28.8 Å². The number of nitrogens with zero attached hydrogens (tertiary/aromatic N) is 3. The molecule has 0 radical (unpaired) electrons. The maximum Gasteiger partial charge on any atom is 0.235 e. The Labute approximate surface area is 248 Å². The molecule has 1 heterocycles. The summed E-state index contributed by atoms with van der Waals surface area (Å²) in [5.74, 6) is -1.11. The molecular weight excluding hydrogens is 536 g/mol. The lowest BCUT2D eigenvalue weighted by molar-refractivity contribution is -0.252. The van der Waals surface area contributed by atoms with E-state index in [0.717, 1.165) is 22.6 Å². The van der Waals surface area contributed by atoms with E-state index in [1.165, 1.54) is 4.90 Å². The highest BCUT2D eigenvalue weighted by molar-refractivity contribution is 5.80. The fraction of sp³-hybridized carbons (Fsp3) is 0.500. The minimum atomic E-state index is -0.990. The number of aryl methyl sites for hydroxylation is 1. The molecule has 10 heteroatoms. The molecule has 3 rings (SSSR count). The van der Waals surface area contributed by atoms with Gasteiger partial charge in [-0.25, -0.2) is 0 Å². The van der Waals surface area contributed by atoms with Crippen LogP contribution < -0.4 is 5.32 Å². The summed E-state index contributed by atoms with van der Waals surface area (Å²) in [6.07, 6.45) is 3.95. The Bertz CT molecular complexity index is 1100. The van der Waals surface area contributed by atoms with Crippen LogP contribution >= 0.6 is 0 Å². The van der Waals surface area contributed by atoms with Gasteiger partial charge in [0, 0.05) is 33.7 Å². The Hall–Kier alpha value is -3.76. The zero-order chi connectivity index (χ0) is 30.2. The molecule has 0 saturated carbocycles. The second kappa shape index (κ2) is 17.9. The number of nitrogens with one attached hydrogen (secondary N) is 1. The second-order valence-corrected chi connectivity index (χ2v) is 10.6. The maximum absolute atomic E-state index is 13.9. The van der Waals surface area contributed by atoms with E-state index in [1.807, 2.05) is 60.7 Å². The van der Waals surface area contributed by atoms with Crippen molar-refractivity contribution in [3.63, 3.8) is 0 Å². The molecule has 42 heavy (non-hydrogen) atoms. The van der Waals surface area contributed by atoms with Gasteiger partial charge in [-0.15, -0.1) is 0 Å². The summed E-state index contributed by atoms with van der Waals surface area (Å²) in [6.45, 7) is 3.05. The third-order valence-corrected chi connectivity index (χ3v) is 7.51. The molecular formula is C32H44N4O6. The van der Waals surface area contributed by atoms with Gasteiger partial charge in [0.2, 0.25) is 24.6 Å². The van der Waals surface area contributed by atoms with Crippen molar-refractivity contribution in [3.8, 4) is 0 Å². The molecule has 0 unspecified atom stereocenters. The summed E-state index contributed by atoms with van der Waals surface area (Å²) in [5.41, 5.74) is 2.02. The smallest absolute Gasteiger partial charge is 0.235 e. The number of carbonyl (C=O) groups excluding carboxylic acids is 4. The van der Waals surface area contributed by atoms with Gasteiger partial charge in [0.15, 0.2) is 6.23 Å². The number of benzene rings is 2. The van der Waals surface area contributed by atoms with E-state index in [0.29, 0.717) is 64.4 Å². The highest BCUT2D eigenvalue weighted by Gasteiger charge is 2.36. The molecule has 0 aromatic heterocycles. The van der Waals surface area contributed by atoms with E-state index in [-0.39, 0.29) is 25.0 Å². The van der Waals surface area contributed by atoms with E-state index >= 15 is 0 Å². The third kappa shape index (κ3) is 10.6. The summed E-state index contributed by atoms with van der Waals surface area (Å²) >= 11 is 0. The summed E-state index contributed by atoms with van der Waals surface area (Å²) in [7, 11) is 1.61. The molecule has 1 aliphatic heterocycles. The number of amides is 4. The molecule has 228 valence electrons. The Balaban J connectivity index is 1.87. The highest BCUT2D eigenvalue weighted by atomic mass is 16.7. The van der Waals surface area contributed by atoms with Crippen molar-refractivity contribution in [2.24, 2.45) is 5.92 Å². The highest BCUT2D eigenvalue weighted by Crippen LogP contribution is 2.23. The van der Waals surface area contributed by atoms with Crippen LogP contribution in [0, 0.1) is 5.92 Å². The van der Waals surface area contributed by atoms with Gasteiger partial charge in [-0.3, -0.25) is 24.0 Å². The molecule has 1 aliphatic rings. The molecule has 4 amide bonds. The topological polar surface area (TPSA) is 108 Å². The van der Waals surface area contributed by atoms with Crippen LogP contribution in [0.1, 0.15) is 56.6 Å².